The molecule has 0 bridgehead atoms. The molecule has 0 saturated carbocycles. The molecule has 1 rings (SSSR count). The first kappa shape index (κ1) is 15.9. The van der Waals surface area contributed by atoms with Gasteiger partial charge in [0.15, 0.2) is 11.6 Å². The number of aliphatic hydroxyl groups excluding tert-OH is 1. The van der Waals surface area contributed by atoms with Crippen LogP contribution in [-0.4, -0.2) is 30.9 Å². The van der Waals surface area contributed by atoms with Gasteiger partial charge in [-0.1, -0.05) is 12.1 Å². The maximum atomic E-state index is 13.6. The minimum absolute atomic E-state index is 0.108. The van der Waals surface area contributed by atoms with E-state index in [4.69, 9.17) is 4.74 Å². The van der Waals surface area contributed by atoms with Crippen LogP contribution in [0.3, 0.4) is 0 Å². The molecule has 0 radical (unpaired) electrons. The molecule has 0 heterocycles. The molecule has 0 saturated heterocycles. The first-order valence-corrected chi connectivity index (χ1v) is 6.70. The van der Waals surface area contributed by atoms with Gasteiger partial charge in [-0.3, -0.25) is 0 Å². The lowest BCUT2D eigenvalue weighted by atomic mass is 9.96. The third-order valence-electron chi connectivity index (χ3n) is 3.49. The largest absolute Gasteiger partial charge is 0.491 e. The summed E-state index contributed by atoms with van der Waals surface area (Å²) in [5.74, 6) is 0.0384. The van der Waals surface area contributed by atoms with Gasteiger partial charge in [0.2, 0.25) is 0 Å². The van der Waals surface area contributed by atoms with E-state index in [1.165, 1.54) is 0 Å². The van der Waals surface area contributed by atoms with Gasteiger partial charge in [0.1, 0.15) is 0 Å². The molecule has 0 spiro atoms. The van der Waals surface area contributed by atoms with Crippen molar-refractivity contribution in [1.82, 2.24) is 5.32 Å². The first-order chi connectivity index (χ1) is 9.02. The molecule has 1 aromatic rings. The van der Waals surface area contributed by atoms with Crippen molar-refractivity contribution in [2.75, 3.05) is 20.3 Å². The number of rotatable bonds is 8. The molecule has 1 aromatic carbocycles. The van der Waals surface area contributed by atoms with Crippen molar-refractivity contribution >= 4 is 0 Å². The summed E-state index contributed by atoms with van der Waals surface area (Å²) in [5.41, 5.74) is 0.356. The van der Waals surface area contributed by atoms with E-state index in [1.807, 2.05) is 14.0 Å². The summed E-state index contributed by atoms with van der Waals surface area (Å²) in [4.78, 5) is 0. The Bertz CT molecular complexity index is 392. The maximum Gasteiger partial charge on any atom is 0.167 e. The second-order valence-electron chi connectivity index (χ2n) is 5.16. The van der Waals surface area contributed by atoms with Crippen LogP contribution in [0.4, 0.5) is 4.39 Å². The number of hydrogen-bond acceptors (Lipinski definition) is 3. The quantitative estimate of drug-likeness (QED) is 0.713. The Balaban J connectivity index is 2.30. The summed E-state index contributed by atoms with van der Waals surface area (Å²) in [6.45, 7) is 4.30. The lowest BCUT2D eigenvalue weighted by Crippen LogP contribution is -2.43. The molecule has 0 fully saturated rings. The number of halogens is 1. The smallest absolute Gasteiger partial charge is 0.167 e. The van der Waals surface area contributed by atoms with Crippen LogP contribution in [0.2, 0.25) is 0 Å². The maximum absolute atomic E-state index is 13.6. The molecule has 1 atom stereocenters. The fourth-order valence-corrected chi connectivity index (χ4v) is 1.81. The summed E-state index contributed by atoms with van der Waals surface area (Å²) >= 11 is 0. The van der Waals surface area contributed by atoms with Crippen molar-refractivity contribution in [3.05, 3.63) is 29.6 Å². The monoisotopic (exact) mass is 269 g/mol. The number of unbranched alkanes of at least 4 members (excludes halogenated alkanes) is 1. The zero-order valence-electron chi connectivity index (χ0n) is 12.0. The molecule has 0 aliphatic rings. The number of aryl methyl sites for hydroxylation is 1. The second kappa shape index (κ2) is 7.46. The Morgan fingerprint density at radius 1 is 1.37 bits per heavy atom. The van der Waals surface area contributed by atoms with E-state index in [9.17, 15) is 9.50 Å². The highest BCUT2D eigenvalue weighted by molar-refractivity contribution is 5.29. The fourth-order valence-electron chi connectivity index (χ4n) is 1.81. The zero-order valence-corrected chi connectivity index (χ0v) is 12.0. The van der Waals surface area contributed by atoms with E-state index in [0.717, 1.165) is 19.3 Å². The Labute approximate surface area is 114 Å². The third kappa shape index (κ3) is 4.80. The third-order valence-corrected chi connectivity index (χ3v) is 3.49. The molecule has 0 aliphatic heterocycles. The lowest BCUT2D eigenvalue weighted by Gasteiger charge is -2.26. The van der Waals surface area contributed by atoms with E-state index in [-0.39, 0.29) is 18.0 Å². The molecular weight excluding hydrogens is 245 g/mol. The van der Waals surface area contributed by atoms with E-state index >= 15 is 0 Å². The van der Waals surface area contributed by atoms with E-state index in [1.54, 1.807) is 25.1 Å². The van der Waals surface area contributed by atoms with Crippen LogP contribution in [0.1, 0.15) is 31.7 Å². The van der Waals surface area contributed by atoms with Crippen molar-refractivity contribution < 1.29 is 14.2 Å². The molecule has 108 valence electrons. The lowest BCUT2D eigenvalue weighted by molar-refractivity contribution is 0.168. The molecule has 0 aromatic heterocycles. The topological polar surface area (TPSA) is 41.5 Å². The van der Waals surface area contributed by atoms with Crippen LogP contribution < -0.4 is 10.1 Å². The SMILES string of the molecule is CNC(C)(CO)CCCCOc1cccc(C)c1F. The Morgan fingerprint density at radius 2 is 2.11 bits per heavy atom. The highest BCUT2D eigenvalue weighted by Crippen LogP contribution is 2.20. The number of ether oxygens (including phenoxy) is 1. The molecule has 3 nitrogen and oxygen atoms in total. The predicted octanol–water partition coefficient (Wildman–Crippen LogP) is 2.65. The van der Waals surface area contributed by atoms with Crippen molar-refractivity contribution in [2.45, 2.75) is 38.6 Å². The van der Waals surface area contributed by atoms with Gasteiger partial charge in [-0.15, -0.1) is 0 Å². The Morgan fingerprint density at radius 3 is 2.74 bits per heavy atom. The van der Waals surface area contributed by atoms with Crippen molar-refractivity contribution in [3.8, 4) is 5.75 Å². The number of aliphatic hydroxyl groups is 1. The van der Waals surface area contributed by atoms with Crippen LogP contribution in [0.25, 0.3) is 0 Å². The highest BCUT2D eigenvalue weighted by atomic mass is 19.1. The molecule has 0 aliphatic carbocycles. The van der Waals surface area contributed by atoms with Gasteiger partial charge in [0.25, 0.3) is 0 Å². The number of hydrogen-bond donors (Lipinski definition) is 2. The molecular formula is C15H24FNO2. The zero-order chi connectivity index (χ0) is 14.3. The summed E-state index contributed by atoms with van der Waals surface area (Å²) in [7, 11) is 1.84. The Hall–Kier alpha value is -1.13. The molecule has 0 amide bonds. The van der Waals surface area contributed by atoms with Crippen LogP contribution in [0.5, 0.6) is 5.75 Å². The first-order valence-electron chi connectivity index (χ1n) is 6.70. The second-order valence-corrected chi connectivity index (χ2v) is 5.16. The van der Waals surface area contributed by atoms with Crippen molar-refractivity contribution in [3.63, 3.8) is 0 Å². The summed E-state index contributed by atoms with van der Waals surface area (Å²) in [5, 5.41) is 12.3. The molecule has 2 N–H and O–H groups in total. The molecule has 19 heavy (non-hydrogen) atoms. The Kier molecular flexibility index (Phi) is 6.25. The van der Waals surface area contributed by atoms with Crippen LogP contribution in [0.15, 0.2) is 18.2 Å². The average Bonchev–Trinajstić information content (AvgIpc) is 2.42. The summed E-state index contributed by atoms with van der Waals surface area (Å²) in [6, 6.07) is 5.16. The summed E-state index contributed by atoms with van der Waals surface area (Å²) in [6.07, 6.45) is 2.62. The van der Waals surface area contributed by atoms with Crippen LogP contribution in [-0.2, 0) is 0 Å². The number of likely N-dealkylation sites (N-methyl/N-ethyl adjacent to an activating group) is 1. The van der Waals surface area contributed by atoms with Crippen molar-refractivity contribution in [1.29, 1.82) is 0 Å². The normalized spacial score (nSPS) is 14.2. The number of nitrogens with one attached hydrogen (secondary N) is 1. The van der Waals surface area contributed by atoms with Gasteiger partial charge in [-0.05, 0) is 51.8 Å². The molecule has 1 unspecified atom stereocenters. The highest BCUT2D eigenvalue weighted by Gasteiger charge is 2.19. The van der Waals surface area contributed by atoms with E-state index in [2.05, 4.69) is 5.32 Å². The summed E-state index contributed by atoms with van der Waals surface area (Å²) < 4.78 is 19.1. The van der Waals surface area contributed by atoms with E-state index in [0.29, 0.717) is 17.9 Å². The van der Waals surface area contributed by atoms with Crippen LogP contribution in [0, 0.1) is 12.7 Å². The molecule has 4 heteroatoms. The van der Waals surface area contributed by atoms with Crippen molar-refractivity contribution in [2.24, 2.45) is 0 Å². The number of benzene rings is 1. The van der Waals surface area contributed by atoms with Gasteiger partial charge in [-0.25, -0.2) is 4.39 Å². The predicted molar refractivity (Wildman–Crippen MR) is 75.0 cm³/mol. The van der Waals surface area contributed by atoms with Gasteiger partial charge < -0.3 is 15.2 Å². The standard InChI is InChI=1S/C15H24FNO2/c1-12-7-6-8-13(14(12)16)19-10-5-4-9-15(2,11-18)17-3/h6-8,17-18H,4-5,9-11H2,1-3H3. The fraction of sp³-hybridized carbons (Fsp3) is 0.600. The van der Waals surface area contributed by atoms with Crippen LogP contribution >= 0.6 is 0 Å². The van der Waals surface area contributed by atoms with Gasteiger partial charge >= 0.3 is 0 Å². The van der Waals surface area contributed by atoms with Gasteiger partial charge in [-0.2, -0.15) is 0 Å². The van der Waals surface area contributed by atoms with Gasteiger partial charge in [0.05, 0.1) is 13.2 Å². The van der Waals surface area contributed by atoms with E-state index < -0.39 is 0 Å². The minimum Gasteiger partial charge on any atom is -0.491 e. The average molecular weight is 269 g/mol. The minimum atomic E-state index is -0.280. The van der Waals surface area contributed by atoms with Gasteiger partial charge in [0, 0.05) is 5.54 Å².